The molecule has 4 rings (SSSR count). The number of carbonyl (C=O) groups is 1. The lowest BCUT2D eigenvalue weighted by Crippen LogP contribution is -2.35. The van der Waals surface area contributed by atoms with Gasteiger partial charge in [0.15, 0.2) is 0 Å². The van der Waals surface area contributed by atoms with Crippen LogP contribution in [0.2, 0.25) is 0 Å². The van der Waals surface area contributed by atoms with Crippen LogP contribution in [0.5, 0.6) is 0 Å². The van der Waals surface area contributed by atoms with Crippen LogP contribution in [0.4, 0.5) is 10.5 Å². The molecule has 0 atom stereocenters. The summed E-state index contributed by atoms with van der Waals surface area (Å²) in [5.41, 5.74) is 1.79. The van der Waals surface area contributed by atoms with E-state index in [-0.39, 0.29) is 18.1 Å². The van der Waals surface area contributed by atoms with Gasteiger partial charge in [0, 0.05) is 18.9 Å². The van der Waals surface area contributed by atoms with Gasteiger partial charge in [0.25, 0.3) is 5.56 Å². The van der Waals surface area contributed by atoms with Crippen molar-refractivity contribution in [1.82, 2.24) is 24.6 Å². The Morgan fingerprint density at radius 1 is 1.14 bits per heavy atom. The fourth-order valence-corrected chi connectivity index (χ4v) is 3.10. The predicted octanol–water partition coefficient (Wildman–Crippen LogP) is 3.16. The van der Waals surface area contributed by atoms with Crippen molar-refractivity contribution in [2.45, 2.75) is 13.5 Å². The topological polar surface area (TPSA) is 95.9 Å². The van der Waals surface area contributed by atoms with Crippen LogP contribution in [0, 0.1) is 0 Å². The normalized spacial score (nSPS) is 10.8. The molecule has 2 aromatic heterocycles. The highest BCUT2D eigenvalue weighted by Gasteiger charge is 2.16. The number of carbonyl (C=O) groups excluding carboxylic acids is 1. The fourth-order valence-electron chi connectivity index (χ4n) is 3.10. The third-order valence-corrected chi connectivity index (χ3v) is 4.57. The van der Waals surface area contributed by atoms with Crippen molar-refractivity contribution in [1.29, 1.82) is 0 Å². The number of aromatic nitrogens is 4. The van der Waals surface area contributed by atoms with E-state index in [1.165, 1.54) is 0 Å². The predicted molar refractivity (Wildman–Crippen MR) is 111 cm³/mol. The molecule has 0 aliphatic heterocycles. The molecule has 4 aromatic rings. The quantitative estimate of drug-likeness (QED) is 0.549. The second kappa shape index (κ2) is 7.97. The van der Waals surface area contributed by atoms with Gasteiger partial charge < -0.3 is 15.2 Å². The first kappa shape index (κ1) is 18.4. The van der Waals surface area contributed by atoms with Gasteiger partial charge in [-0.15, -0.1) is 0 Å². The van der Waals surface area contributed by atoms with E-state index in [2.05, 4.69) is 20.4 Å². The first-order valence-electron chi connectivity index (χ1n) is 9.28. The molecule has 2 amide bonds. The van der Waals surface area contributed by atoms with Crippen LogP contribution in [0.15, 0.2) is 71.8 Å². The maximum atomic E-state index is 12.9. The lowest BCUT2D eigenvalue weighted by Gasteiger charge is -2.22. The number of fused-ring (bicyclic) bond motifs is 1. The van der Waals surface area contributed by atoms with Crippen molar-refractivity contribution in [2.75, 3.05) is 11.9 Å². The third kappa shape index (κ3) is 3.86. The van der Waals surface area contributed by atoms with Crippen LogP contribution in [0.25, 0.3) is 16.6 Å². The number of hydrogen-bond donors (Lipinski definition) is 2. The van der Waals surface area contributed by atoms with Crippen molar-refractivity contribution in [3.63, 3.8) is 0 Å². The molecule has 2 N–H and O–H groups in total. The number of benzene rings is 2. The summed E-state index contributed by atoms with van der Waals surface area (Å²) in [6, 6.07) is 16.1. The Morgan fingerprint density at radius 3 is 2.72 bits per heavy atom. The number of rotatable bonds is 5. The van der Waals surface area contributed by atoms with Gasteiger partial charge in [-0.1, -0.05) is 24.3 Å². The Hall–Kier alpha value is -3.94. The molecule has 0 saturated heterocycles. The molecule has 0 aliphatic carbocycles. The van der Waals surface area contributed by atoms with Gasteiger partial charge in [-0.3, -0.25) is 4.79 Å². The molecule has 0 bridgehead atoms. The number of hydrogen-bond acceptors (Lipinski definition) is 4. The minimum atomic E-state index is -0.289. The number of anilines is 1. The van der Waals surface area contributed by atoms with Crippen LogP contribution in [0.3, 0.4) is 0 Å². The van der Waals surface area contributed by atoms with E-state index in [0.29, 0.717) is 29.0 Å². The first-order valence-corrected chi connectivity index (χ1v) is 9.28. The smallest absolute Gasteiger partial charge is 0.317 e. The second-order valence-corrected chi connectivity index (χ2v) is 6.44. The first-order chi connectivity index (χ1) is 14.2. The number of H-pyrrole nitrogens is 1. The fraction of sp³-hybridized carbons (Fsp3) is 0.143. The molecule has 2 aromatic carbocycles. The van der Waals surface area contributed by atoms with Gasteiger partial charge in [-0.2, -0.15) is 5.10 Å². The van der Waals surface area contributed by atoms with E-state index in [0.717, 1.165) is 5.69 Å². The summed E-state index contributed by atoms with van der Waals surface area (Å²) in [4.78, 5) is 34.0. The maximum Gasteiger partial charge on any atom is 0.322 e. The number of amides is 2. The molecule has 8 heteroatoms. The molecule has 0 aliphatic rings. The van der Waals surface area contributed by atoms with Crippen LogP contribution in [0.1, 0.15) is 12.7 Å². The number of para-hydroxylation sites is 3. The highest BCUT2D eigenvalue weighted by atomic mass is 16.2. The lowest BCUT2D eigenvalue weighted by atomic mass is 10.2. The van der Waals surface area contributed by atoms with Gasteiger partial charge in [-0.05, 0) is 37.3 Å². The summed E-state index contributed by atoms with van der Waals surface area (Å²) in [7, 11) is 0. The van der Waals surface area contributed by atoms with Crippen molar-refractivity contribution in [3.05, 3.63) is 83.2 Å². The van der Waals surface area contributed by atoms with E-state index in [9.17, 15) is 9.59 Å². The van der Waals surface area contributed by atoms with E-state index in [1.807, 2.05) is 49.5 Å². The molecule has 0 fully saturated rings. The van der Waals surface area contributed by atoms with Crippen molar-refractivity contribution >= 4 is 22.6 Å². The van der Waals surface area contributed by atoms with E-state index < -0.39 is 0 Å². The average molecular weight is 388 g/mol. The maximum absolute atomic E-state index is 12.9. The molecule has 2 heterocycles. The van der Waals surface area contributed by atoms with Crippen LogP contribution in [-0.2, 0) is 6.54 Å². The minimum Gasteiger partial charge on any atom is -0.317 e. The number of nitrogens with zero attached hydrogens (tertiary/aromatic N) is 4. The molecule has 146 valence electrons. The standard InChI is InChI=1S/C21H20N6O2/c1-2-26(14-19-23-16-9-4-3-8-15(16)20(28)25-19)21(29)24-17-10-5-6-11-18(17)27-13-7-12-22-27/h3-13H,2,14H2,1H3,(H,24,29)(H,23,25,28). The highest BCUT2D eigenvalue weighted by molar-refractivity contribution is 5.91. The molecule has 0 radical (unpaired) electrons. The Morgan fingerprint density at radius 2 is 1.93 bits per heavy atom. The zero-order valence-electron chi connectivity index (χ0n) is 15.9. The van der Waals surface area contributed by atoms with Gasteiger partial charge in [0.2, 0.25) is 0 Å². The number of nitrogens with one attached hydrogen (secondary N) is 2. The number of urea groups is 1. The molecular weight excluding hydrogens is 368 g/mol. The van der Waals surface area contributed by atoms with Gasteiger partial charge in [0.1, 0.15) is 5.82 Å². The second-order valence-electron chi connectivity index (χ2n) is 6.44. The molecule has 8 nitrogen and oxygen atoms in total. The summed E-state index contributed by atoms with van der Waals surface area (Å²) >= 11 is 0. The molecule has 29 heavy (non-hydrogen) atoms. The SMILES string of the molecule is CCN(Cc1nc2ccccc2c(=O)[nH]1)C(=O)Nc1ccccc1-n1cccn1. The zero-order valence-corrected chi connectivity index (χ0v) is 15.9. The van der Waals surface area contributed by atoms with Crippen LogP contribution >= 0.6 is 0 Å². The Bertz CT molecular complexity index is 1200. The van der Waals surface area contributed by atoms with Crippen molar-refractivity contribution in [3.8, 4) is 5.69 Å². The van der Waals surface area contributed by atoms with Gasteiger partial charge >= 0.3 is 6.03 Å². The van der Waals surface area contributed by atoms with E-state index >= 15 is 0 Å². The van der Waals surface area contributed by atoms with Crippen LogP contribution < -0.4 is 10.9 Å². The van der Waals surface area contributed by atoms with Crippen molar-refractivity contribution in [2.24, 2.45) is 0 Å². The summed E-state index contributed by atoms with van der Waals surface area (Å²) in [6.45, 7) is 2.51. The average Bonchev–Trinajstić information content (AvgIpc) is 3.27. The minimum absolute atomic E-state index is 0.187. The lowest BCUT2D eigenvalue weighted by molar-refractivity contribution is 0.211. The van der Waals surface area contributed by atoms with Gasteiger partial charge in [-0.25, -0.2) is 14.5 Å². The summed E-state index contributed by atoms with van der Waals surface area (Å²) < 4.78 is 1.69. The summed E-state index contributed by atoms with van der Waals surface area (Å²) in [5, 5.41) is 7.68. The van der Waals surface area contributed by atoms with Crippen molar-refractivity contribution < 1.29 is 4.79 Å². The highest BCUT2D eigenvalue weighted by Crippen LogP contribution is 2.19. The Balaban J connectivity index is 1.56. The molecule has 0 saturated carbocycles. The monoisotopic (exact) mass is 388 g/mol. The Labute approximate surface area is 166 Å². The van der Waals surface area contributed by atoms with E-state index in [1.54, 1.807) is 34.0 Å². The van der Waals surface area contributed by atoms with Crippen LogP contribution in [-0.4, -0.2) is 37.2 Å². The zero-order chi connectivity index (χ0) is 20.2. The summed E-state index contributed by atoms with van der Waals surface area (Å²) in [5.74, 6) is 0.436. The molecule has 0 spiro atoms. The molecule has 0 unspecified atom stereocenters. The third-order valence-electron chi connectivity index (χ3n) is 4.57. The molecular formula is C21H20N6O2. The van der Waals surface area contributed by atoms with Gasteiger partial charge in [0.05, 0.1) is 28.8 Å². The number of aromatic amines is 1. The largest absolute Gasteiger partial charge is 0.322 e. The summed E-state index contributed by atoms with van der Waals surface area (Å²) in [6.07, 6.45) is 3.49. The Kier molecular flexibility index (Phi) is 5.07. The van der Waals surface area contributed by atoms with E-state index in [4.69, 9.17) is 0 Å².